The molecule has 0 amide bonds. The normalized spacial score (nSPS) is 10.1. The molecule has 0 aliphatic carbocycles. The number of esters is 1. The van der Waals surface area contributed by atoms with Gasteiger partial charge in [-0.2, -0.15) is 12.6 Å². The van der Waals surface area contributed by atoms with E-state index in [1.54, 1.807) is 30.3 Å². The van der Waals surface area contributed by atoms with Crippen LogP contribution in [0.5, 0.6) is 11.5 Å². The first-order valence-corrected chi connectivity index (χ1v) is 7.57. The van der Waals surface area contributed by atoms with Crippen LogP contribution in [0, 0.1) is 0 Å². The van der Waals surface area contributed by atoms with E-state index in [1.807, 2.05) is 6.07 Å². The van der Waals surface area contributed by atoms with Crippen LogP contribution >= 0.6 is 12.6 Å². The van der Waals surface area contributed by atoms with E-state index in [0.29, 0.717) is 11.3 Å². The Hall–Kier alpha value is -2.47. The molecule has 0 aliphatic heterocycles. The number of benzene rings is 2. The summed E-state index contributed by atoms with van der Waals surface area (Å²) in [7, 11) is 0. The first-order chi connectivity index (χ1) is 11.1. The van der Waals surface area contributed by atoms with Crippen LogP contribution in [-0.4, -0.2) is 35.8 Å². The van der Waals surface area contributed by atoms with Crippen molar-refractivity contribution in [3.63, 3.8) is 0 Å². The van der Waals surface area contributed by atoms with Gasteiger partial charge in [-0.25, -0.2) is 0 Å². The molecular weight excluding hydrogens is 316 g/mol. The summed E-state index contributed by atoms with van der Waals surface area (Å²) in [5, 5.41) is 10.0. The summed E-state index contributed by atoms with van der Waals surface area (Å²) in [6.07, 6.45) is 0. The summed E-state index contributed by atoms with van der Waals surface area (Å²) in [6, 6.07) is 13.1. The molecule has 0 spiro atoms. The number of thiol groups is 1. The molecule has 0 bridgehead atoms. The van der Waals surface area contributed by atoms with Gasteiger partial charge in [0.1, 0.15) is 24.7 Å². The molecule has 23 heavy (non-hydrogen) atoms. The lowest BCUT2D eigenvalue weighted by Gasteiger charge is -2.09. The van der Waals surface area contributed by atoms with Crippen molar-refractivity contribution in [2.45, 2.75) is 0 Å². The van der Waals surface area contributed by atoms with E-state index in [4.69, 9.17) is 9.47 Å². The Bertz CT molecular complexity index is 685. The third kappa shape index (κ3) is 4.75. The van der Waals surface area contributed by atoms with Gasteiger partial charge in [0, 0.05) is 11.6 Å². The van der Waals surface area contributed by atoms with Crippen molar-refractivity contribution < 1.29 is 24.2 Å². The molecule has 2 rings (SSSR count). The first-order valence-electron chi connectivity index (χ1n) is 6.94. The number of phenolic OH excluding ortho intramolecular Hbond substituents is 1. The molecule has 0 atom stereocenters. The largest absolute Gasteiger partial charge is 0.507 e. The van der Waals surface area contributed by atoms with Crippen molar-refractivity contribution >= 4 is 24.4 Å². The van der Waals surface area contributed by atoms with Crippen LogP contribution in [0.25, 0.3) is 0 Å². The molecule has 0 unspecified atom stereocenters. The van der Waals surface area contributed by atoms with Crippen molar-refractivity contribution in [2.75, 3.05) is 19.0 Å². The summed E-state index contributed by atoms with van der Waals surface area (Å²) < 4.78 is 10.2. The Balaban J connectivity index is 1.98. The zero-order valence-electron chi connectivity index (χ0n) is 12.3. The van der Waals surface area contributed by atoms with Crippen LogP contribution in [0.15, 0.2) is 48.5 Å². The molecule has 0 fully saturated rings. The maximum Gasteiger partial charge on any atom is 0.315 e. The van der Waals surface area contributed by atoms with Crippen LogP contribution in [0.4, 0.5) is 0 Å². The number of phenols is 1. The molecule has 6 heteroatoms. The second-order valence-electron chi connectivity index (χ2n) is 4.60. The third-order valence-electron chi connectivity index (χ3n) is 2.99. The van der Waals surface area contributed by atoms with E-state index in [9.17, 15) is 14.7 Å². The highest BCUT2D eigenvalue weighted by molar-refractivity contribution is 7.81. The van der Waals surface area contributed by atoms with Gasteiger partial charge >= 0.3 is 5.97 Å². The number of ketones is 1. The minimum absolute atomic E-state index is 0.0110. The highest BCUT2D eigenvalue weighted by Crippen LogP contribution is 2.25. The van der Waals surface area contributed by atoms with Gasteiger partial charge in [0.2, 0.25) is 0 Å². The first kappa shape index (κ1) is 16.9. The predicted octanol–water partition coefficient (Wildman–Crippen LogP) is 2.48. The number of hydrogen-bond donors (Lipinski definition) is 2. The summed E-state index contributed by atoms with van der Waals surface area (Å²) in [5.41, 5.74) is 0.695. The standard InChI is InChI=1S/C17H16O5S/c18-15-10-13(21-8-9-22-16(19)11-23)6-7-14(15)17(20)12-4-2-1-3-5-12/h1-7,10,18,23H,8-9,11H2. The number of aromatic hydroxyl groups is 1. The predicted molar refractivity (Wildman–Crippen MR) is 88.3 cm³/mol. The van der Waals surface area contributed by atoms with E-state index in [-0.39, 0.29) is 36.1 Å². The third-order valence-corrected chi connectivity index (χ3v) is 3.25. The lowest BCUT2D eigenvalue weighted by molar-refractivity contribution is -0.141. The zero-order chi connectivity index (χ0) is 16.7. The smallest absolute Gasteiger partial charge is 0.315 e. The van der Waals surface area contributed by atoms with Crippen LogP contribution in [-0.2, 0) is 9.53 Å². The summed E-state index contributed by atoms with van der Waals surface area (Å²) in [4.78, 5) is 23.2. The van der Waals surface area contributed by atoms with Crippen LogP contribution < -0.4 is 4.74 Å². The Morgan fingerprint density at radius 3 is 2.43 bits per heavy atom. The number of ether oxygens (including phenoxy) is 2. The summed E-state index contributed by atoms with van der Waals surface area (Å²) in [6.45, 7) is 0.232. The van der Waals surface area contributed by atoms with Gasteiger partial charge in [-0.15, -0.1) is 0 Å². The molecule has 120 valence electrons. The van der Waals surface area contributed by atoms with E-state index >= 15 is 0 Å². The van der Waals surface area contributed by atoms with E-state index in [2.05, 4.69) is 12.6 Å². The molecule has 0 radical (unpaired) electrons. The number of carbonyl (C=O) groups excluding carboxylic acids is 2. The molecule has 2 aromatic carbocycles. The van der Waals surface area contributed by atoms with Gasteiger partial charge in [0.25, 0.3) is 0 Å². The van der Waals surface area contributed by atoms with Crippen LogP contribution in [0.3, 0.4) is 0 Å². The second-order valence-corrected chi connectivity index (χ2v) is 4.92. The van der Waals surface area contributed by atoms with E-state index in [0.717, 1.165) is 0 Å². The van der Waals surface area contributed by atoms with Crippen LogP contribution in [0.1, 0.15) is 15.9 Å². The van der Waals surface area contributed by atoms with Gasteiger partial charge in [0.15, 0.2) is 5.78 Å². The van der Waals surface area contributed by atoms with E-state index < -0.39 is 5.97 Å². The molecule has 5 nitrogen and oxygen atoms in total. The zero-order valence-corrected chi connectivity index (χ0v) is 13.2. The van der Waals surface area contributed by atoms with Gasteiger partial charge in [-0.05, 0) is 12.1 Å². The molecule has 2 aromatic rings. The Morgan fingerprint density at radius 1 is 1.04 bits per heavy atom. The lowest BCUT2D eigenvalue weighted by Crippen LogP contribution is -2.13. The van der Waals surface area contributed by atoms with Crippen molar-refractivity contribution in [3.05, 3.63) is 59.7 Å². The van der Waals surface area contributed by atoms with E-state index in [1.165, 1.54) is 12.1 Å². The van der Waals surface area contributed by atoms with Crippen LogP contribution in [0.2, 0.25) is 0 Å². The van der Waals surface area contributed by atoms with Crippen molar-refractivity contribution in [1.82, 2.24) is 0 Å². The molecular formula is C17H16O5S. The van der Waals surface area contributed by atoms with Gasteiger partial charge in [0.05, 0.1) is 11.3 Å². The number of rotatable bonds is 7. The van der Waals surface area contributed by atoms with Crippen molar-refractivity contribution in [2.24, 2.45) is 0 Å². The highest BCUT2D eigenvalue weighted by atomic mass is 32.1. The van der Waals surface area contributed by atoms with Gasteiger partial charge < -0.3 is 14.6 Å². The Kier molecular flexibility index (Phi) is 6.05. The quantitative estimate of drug-likeness (QED) is 0.353. The average molecular weight is 332 g/mol. The summed E-state index contributed by atoms with van der Waals surface area (Å²) in [5.74, 6) is -0.462. The fraction of sp³-hybridized carbons (Fsp3) is 0.176. The number of hydrogen-bond acceptors (Lipinski definition) is 6. The average Bonchev–Trinajstić information content (AvgIpc) is 2.58. The fourth-order valence-corrected chi connectivity index (χ4v) is 1.99. The van der Waals surface area contributed by atoms with Gasteiger partial charge in [-0.3, -0.25) is 9.59 Å². The molecule has 1 N–H and O–H groups in total. The van der Waals surface area contributed by atoms with Gasteiger partial charge in [-0.1, -0.05) is 30.3 Å². The molecule has 0 aromatic heterocycles. The SMILES string of the molecule is O=C(CS)OCCOc1ccc(C(=O)c2ccccc2)c(O)c1. The number of carbonyl (C=O) groups is 2. The fourth-order valence-electron chi connectivity index (χ4n) is 1.90. The molecule has 0 heterocycles. The topological polar surface area (TPSA) is 72.8 Å². The maximum absolute atomic E-state index is 12.3. The minimum Gasteiger partial charge on any atom is -0.507 e. The van der Waals surface area contributed by atoms with Crippen molar-refractivity contribution in [3.8, 4) is 11.5 Å². The second kappa shape index (κ2) is 8.24. The summed E-state index contributed by atoms with van der Waals surface area (Å²) >= 11 is 3.78. The molecule has 0 saturated heterocycles. The monoisotopic (exact) mass is 332 g/mol. The Labute approximate surface area is 139 Å². The maximum atomic E-state index is 12.3. The molecule has 0 aliphatic rings. The lowest BCUT2D eigenvalue weighted by atomic mass is 10.0. The molecule has 0 saturated carbocycles. The van der Waals surface area contributed by atoms with Crippen molar-refractivity contribution in [1.29, 1.82) is 0 Å². The Morgan fingerprint density at radius 2 is 1.78 bits per heavy atom. The highest BCUT2D eigenvalue weighted by Gasteiger charge is 2.14. The minimum atomic E-state index is -0.427.